The summed E-state index contributed by atoms with van der Waals surface area (Å²) in [7, 11) is 5.02. The zero-order valence-corrected chi connectivity index (χ0v) is 17.3. The van der Waals surface area contributed by atoms with Gasteiger partial charge in [0.25, 0.3) is 0 Å². The van der Waals surface area contributed by atoms with E-state index in [1.807, 2.05) is 12.1 Å². The van der Waals surface area contributed by atoms with E-state index in [2.05, 4.69) is 40.1 Å². The lowest BCUT2D eigenvalue weighted by atomic mass is 10.1. The van der Waals surface area contributed by atoms with Crippen LogP contribution in [0.5, 0.6) is 17.2 Å². The molecule has 1 aliphatic heterocycles. The van der Waals surface area contributed by atoms with E-state index < -0.39 is 0 Å². The van der Waals surface area contributed by atoms with Crippen molar-refractivity contribution in [2.45, 2.75) is 19.4 Å². The second-order valence-corrected chi connectivity index (χ2v) is 7.23. The molecule has 3 rings (SSSR count). The molecular formula is C23H32N2O3. The minimum atomic E-state index is 0.700. The lowest BCUT2D eigenvalue weighted by Gasteiger charge is -2.35. The fraction of sp³-hybridized carbons (Fsp3) is 0.478. The molecule has 0 saturated carbocycles. The van der Waals surface area contributed by atoms with Crippen molar-refractivity contribution in [3.8, 4) is 17.2 Å². The van der Waals surface area contributed by atoms with Crippen LogP contribution in [0.1, 0.15) is 17.5 Å². The van der Waals surface area contributed by atoms with Gasteiger partial charge in [-0.2, -0.15) is 0 Å². The third-order valence-corrected chi connectivity index (χ3v) is 5.43. The number of piperazine rings is 1. The molecule has 0 radical (unpaired) electrons. The molecule has 152 valence electrons. The first kappa shape index (κ1) is 20.5. The maximum Gasteiger partial charge on any atom is 0.164 e. The van der Waals surface area contributed by atoms with Crippen molar-refractivity contribution in [1.82, 2.24) is 9.80 Å². The summed E-state index contributed by atoms with van der Waals surface area (Å²) in [5.74, 6) is 2.30. The minimum Gasteiger partial charge on any atom is -0.496 e. The Kier molecular flexibility index (Phi) is 7.57. The van der Waals surface area contributed by atoms with E-state index in [-0.39, 0.29) is 0 Å². The van der Waals surface area contributed by atoms with Gasteiger partial charge >= 0.3 is 0 Å². The Morgan fingerprint density at radius 2 is 1.36 bits per heavy atom. The van der Waals surface area contributed by atoms with Crippen LogP contribution in [0.2, 0.25) is 0 Å². The summed E-state index contributed by atoms with van der Waals surface area (Å²) in [6.07, 6.45) is 2.37. The van der Waals surface area contributed by atoms with Crippen LogP contribution in [0.3, 0.4) is 0 Å². The molecule has 1 heterocycles. The number of aryl methyl sites for hydroxylation is 1. The highest BCUT2D eigenvalue weighted by molar-refractivity contribution is 5.50. The molecule has 2 aromatic carbocycles. The van der Waals surface area contributed by atoms with Crippen LogP contribution in [-0.4, -0.2) is 63.9 Å². The van der Waals surface area contributed by atoms with Crippen molar-refractivity contribution in [2.24, 2.45) is 0 Å². The maximum absolute atomic E-state index is 5.57. The van der Waals surface area contributed by atoms with E-state index in [0.29, 0.717) is 5.75 Å². The van der Waals surface area contributed by atoms with Crippen molar-refractivity contribution in [2.75, 3.05) is 54.1 Å². The number of rotatable bonds is 9. The Balaban J connectivity index is 1.49. The standard InChI is InChI=1S/C23H32N2O3/c1-26-21-17-23(28-3)22(27-2)16-20(21)18-25-14-12-24(13-15-25)11-7-10-19-8-5-4-6-9-19/h4-6,8-9,16-17H,7,10-15,18H2,1-3H3. The predicted molar refractivity (Wildman–Crippen MR) is 113 cm³/mol. The lowest BCUT2D eigenvalue weighted by molar-refractivity contribution is 0.125. The van der Waals surface area contributed by atoms with Gasteiger partial charge in [-0.05, 0) is 31.0 Å². The zero-order chi connectivity index (χ0) is 19.8. The van der Waals surface area contributed by atoms with Crippen molar-refractivity contribution < 1.29 is 14.2 Å². The van der Waals surface area contributed by atoms with Crippen molar-refractivity contribution in [3.63, 3.8) is 0 Å². The molecule has 0 aliphatic carbocycles. The van der Waals surface area contributed by atoms with Crippen LogP contribution in [0, 0.1) is 0 Å². The van der Waals surface area contributed by atoms with Gasteiger partial charge in [-0.15, -0.1) is 0 Å². The molecule has 5 nitrogen and oxygen atoms in total. The Labute approximate surface area is 168 Å². The Morgan fingerprint density at radius 1 is 0.750 bits per heavy atom. The number of benzene rings is 2. The van der Waals surface area contributed by atoms with Crippen LogP contribution >= 0.6 is 0 Å². The third kappa shape index (κ3) is 5.40. The van der Waals surface area contributed by atoms with Crippen molar-refractivity contribution >= 4 is 0 Å². The zero-order valence-electron chi connectivity index (χ0n) is 17.3. The molecular weight excluding hydrogens is 352 g/mol. The van der Waals surface area contributed by atoms with Gasteiger partial charge in [0.15, 0.2) is 11.5 Å². The largest absolute Gasteiger partial charge is 0.496 e. The first-order valence-electron chi connectivity index (χ1n) is 10.0. The molecule has 1 saturated heterocycles. The number of hydrogen-bond donors (Lipinski definition) is 0. The molecule has 0 N–H and O–H groups in total. The molecule has 28 heavy (non-hydrogen) atoms. The van der Waals surface area contributed by atoms with Crippen molar-refractivity contribution in [1.29, 1.82) is 0 Å². The molecule has 0 amide bonds. The normalized spacial score (nSPS) is 15.4. The summed E-state index contributed by atoms with van der Waals surface area (Å²) in [6, 6.07) is 14.7. The number of ether oxygens (including phenoxy) is 3. The average Bonchev–Trinajstić information content (AvgIpc) is 2.75. The van der Waals surface area contributed by atoms with E-state index in [1.165, 1.54) is 18.5 Å². The molecule has 1 aliphatic rings. The van der Waals surface area contributed by atoms with E-state index in [4.69, 9.17) is 14.2 Å². The summed E-state index contributed by atoms with van der Waals surface area (Å²) in [5.41, 5.74) is 2.57. The first-order valence-corrected chi connectivity index (χ1v) is 10.0. The van der Waals surface area contributed by atoms with Crippen LogP contribution < -0.4 is 14.2 Å². The fourth-order valence-electron chi connectivity index (χ4n) is 3.78. The van der Waals surface area contributed by atoms with Gasteiger partial charge in [0.1, 0.15) is 5.75 Å². The van der Waals surface area contributed by atoms with Gasteiger partial charge in [-0.1, -0.05) is 30.3 Å². The highest BCUT2D eigenvalue weighted by atomic mass is 16.5. The number of nitrogens with zero attached hydrogens (tertiary/aromatic N) is 2. The second-order valence-electron chi connectivity index (χ2n) is 7.23. The van der Waals surface area contributed by atoms with Crippen LogP contribution in [0.4, 0.5) is 0 Å². The monoisotopic (exact) mass is 384 g/mol. The SMILES string of the molecule is COc1cc(OC)c(OC)cc1CN1CCN(CCCc2ccccc2)CC1. The Bertz CT molecular complexity index is 728. The van der Waals surface area contributed by atoms with E-state index in [9.17, 15) is 0 Å². The topological polar surface area (TPSA) is 34.2 Å². The van der Waals surface area contributed by atoms with Gasteiger partial charge in [0.2, 0.25) is 0 Å². The molecule has 0 spiro atoms. The number of methoxy groups -OCH3 is 3. The Hall–Kier alpha value is -2.24. The average molecular weight is 385 g/mol. The van der Waals surface area contributed by atoms with Crippen LogP contribution in [0.15, 0.2) is 42.5 Å². The molecule has 0 bridgehead atoms. The minimum absolute atomic E-state index is 0.700. The summed E-state index contributed by atoms with van der Waals surface area (Å²) >= 11 is 0. The van der Waals surface area contributed by atoms with Gasteiger partial charge in [-0.3, -0.25) is 4.90 Å². The lowest BCUT2D eigenvalue weighted by Crippen LogP contribution is -2.46. The molecule has 1 fully saturated rings. The van der Waals surface area contributed by atoms with Gasteiger partial charge in [0.05, 0.1) is 21.3 Å². The second kappa shape index (κ2) is 10.3. The van der Waals surface area contributed by atoms with Gasteiger partial charge < -0.3 is 19.1 Å². The molecule has 5 heteroatoms. The molecule has 0 atom stereocenters. The predicted octanol–water partition coefficient (Wildman–Crippen LogP) is 3.46. The van der Waals surface area contributed by atoms with E-state index >= 15 is 0 Å². The Morgan fingerprint density at radius 3 is 2.00 bits per heavy atom. The first-order chi connectivity index (χ1) is 13.7. The summed E-state index contributed by atoms with van der Waals surface area (Å²) in [5, 5.41) is 0. The van der Waals surface area contributed by atoms with Gasteiger partial charge in [0, 0.05) is 44.4 Å². The highest BCUT2D eigenvalue weighted by Crippen LogP contribution is 2.35. The van der Waals surface area contributed by atoms with E-state index in [0.717, 1.165) is 56.2 Å². The van der Waals surface area contributed by atoms with E-state index in [1.54, 1.807) is 21.3 Å². The molecule has 0 aromatic heterocycles. The third-order valence-electron chi connectivity index (χ3n) is 5.43. The summed E-state index contributed by atoms with van der Waals surface area (Å²) in [4.78, 5) is 5.06. The fourth-order valence-corrected chi connectivity index (χ4v) is 3.78. The summed E-state index contributed by atoms with van der Waals surface area (Å²) < 4.78 is 16.4. The van der Waals surface area contributed by atoms with Crippen LogP contribution in [-0.2, 0) is 13.0 Å². The van der Waals surface area contributed by atoms with Crippen LogP contribution in [0.25, 0.3) is 0 Å². The number of hydrogen-bond acceptors (Lipinski definition) is 5. The molecule has 2 aromatic rings. The maximum atomic E-state index is 5.57. The van der Waals surface area contributed by atoms with Crippen molar-refractivity contribution in [3.05, 3.63) is 53.6 Å². The molecule has 0 unspecified atom stereocenters. The highest BCUT2D eigenvalue weighted by Gasteiger charge is 2.19. The summed E-state index contributed by atoms with van der Waals surface area (Å²) in [6.45, 7) is 6.41. The quantitative estimate of drug-likeness (QED) is 0.661. The van der Waals surface area contributed by atoms with Gasteiger partial charge in [-0.25, -0.2) is 0 Å². The smallest absolute Gasteiger partial charge is 0.164 e.